The molecule has 0 spiro atoms. The van der Waals surface area contributed by atoms with Gasteiger partial charge in [0.1, 0.15) is 6.35 Å². The highest BCUT2D eigenvalue weighted by Crippen LogP contribution is 2.48. The Balaban J connectivity index is 1.95. The van der Waals surface area contributed by atoms with E-state index in [1.807, 2.05) is 27.7 Å². The zero-order valence-electron chi connectivity index (χ0n) is 17.4. The van der Waals surface area contributed by atoms with Crippen molar-refractivity contribution in [3.8, 4) is 0 Å². The molecular formula is C18H30N5O5P. The number of hydrogen-bond acceptors (Lipinski definition) is 8. The van der Waals surface area contributed by atoms with Crippen LogP contribution in [0.15, 0.2) is 23.3 Å². The number of anilines is 1. The standard InChI is InChI=1S/C18H30N5O5P/c1-12(2)7-27-29(25,28-8-13(3)4)11-26-9-14(5)6-23-10-20-15-16(23)21-18(19)22-17(15)24/h10,12-13H,5-9,11H2,1-4H3,(H3,19,21,22,24). The summed E-state index contributed by atoms with van der Waals surface area (Å²) in [6.45, 7) is 12.9. The highest BCUT2D eigenvalue weighted by molar-refractivity contribution is 7.53. The molecule has 0 saturated heterocycles. The molecule has 0 aromatic carbocycles. The SMILES string of the molecule is C=C(COCP(=O)(OCC(C)C)OCC(C)C)Cn1cnc2c(=O)[nH]c(N)nc21. The van der Waals surface area contributed by atoms with E-state index in [-0.39, 0.29) is 36.3 Å². The van der Waals surface area contributed by atoms with Gasteiger partial charge in [0.25, 0.3) is 5.56 Å². The first-order valence-corrected chi connectivity index (χ1v) is 11.2. The van der Waals surface area contributed by atoms with E-state index < -0.39 is 13.2 Å². The molecule has 29 heavy (non-hydrogen) atoms. The number of nitrogens with zero attached hydrogens (tertiary/aromatic N) is 3. The van der Waals surface area contributed by atoms with Crippen molar-refractivity contribution in [2.24, 2.45) is 11.8 Å². The molecule has 0 amide bonds. The van der Waals surface area contributed by atoms with E-state index in [4.69, 9.17) is 19.5 Å². The Labute approximate surface area is 170 Å². The number of nitrogen functional groups attached to an aromatic ring is 1. The number of nitrogens with one attached hydrogen (secondary N) is 1. The van der Waals surface area contributed by atoms with Crippen LogP contribution in [-0.4, -0.2) is 45.7 Å². The quantitative estimate of drug-likeness (QED) is 0.390. The Morgan fingerprint density at radius 3 is 2.48 bits per heavy atom. The summed E-state index contributed by atoms with van der Waals surface area (Å²) in [6, 6.07) is 0. The van der Waals surface area contributed by atoms with Gasteiger partial charge in [-0.1, -0.05) is 34.3 Å². The Morgan fingerprint density at radius 2 is 1.90 bits per heavy atom. The van der Waals surface area contributed by atoms with Crippen LogP contribution in [-0.2, 0) is 24.9 Å². The average molecular weight is 427 g/mol. The molecule has 0 bridgehead atoms. The molecule has 2 rings (SSSR count). The van der Waals surface area contributed by atoms with Crippen molar-refractivity contribution in [3.63, 3.8) is 0 Å². The van der Waals surface area contributed by atoms with E-state index >= 15 is 0 Å². The maximum absolute atomic E-state index is 12.9. The van der Waals surface area contributed by atoms with E-state index in [9.17, 15) is 9.36 Å². The minimum absolute atomic E-state index is 0.0108. The number of aromatic amines is 1. The van der Waals surface area contributed by atoms with Gasteiger partial charge in [-0.05, 0) is 17.4 Å². The third-order valence-corrected chi connectivity index (χ3v) is 5.24. The average Bonchev–Trinajstić information content (AvgIpc) is 3.01. The Morgan fingerprint density at radius 1 is 1.28 bits per heavy atom. The maximum atomic E-state index is 12.9. The summed E-state index contributed by atoms with van der Waals surface area (Å²) in [6.07, 6.45) is 1.32. The lowest BCUT2D eigenvalue weighted by atomic mass is 10.2. The van der Waals surface area contributed by atoms with E-state index in [2.05, 4.69) is 21.5 Å². The lowest BCUT2D eigenvalue weighted by Crippen LogP contribution is -2.13. The fourth-order valence-corrected chi connectivity index (χ4v) is 3.90. The summed E-state index contributed by atoms with van der Waals surface area (Å²) >= 11 is 0. The second-order valence-corrected chi connectivity index (χ2v) is 9.71. The van der Waals surface area contributed by atoms with E-state index in [0.29, 0.717) is 31.0 Å². The van der Waals surface area contributed by atoms with Gasteiger partial charge in [0, 0.05) is 6.54 Å². The number of rotatable bonds is 12. The number of H-pyrrole nitrogens is 1. The third-order valence-electron chi connectivity index (χ3n) is 3.65. The summed E-state index contributed by atoms with van der Waals surface area (Å²) in [5.74, 6) is 0.453. The van der Waals surface area contributed by atoms with Crippen LogP contribution in [0.1, 0.15) is 27.7 Å². The normalized spacial score (nSPS) is 12.3. The molecule has 2 aromatic rings. The fraction of sp³-hybridized carbons (Fsp3) is 0.611. The van der Waals surface area contributed by atoms with Crippen molar-refractivity contribution in [1.29, 1.82) is 0 Å². The minimum Gasteiger partial charge on any atom is -0.369 e. The Kier molecular flexibility index (Phi) is 8.15. The van der Waals surface area contributed by atoms with E-state index in [1.54, 1.807) is 4.57 Å². The molecule has 11 heteroatoms. The van der Waals surface area contributed by atoms with Crippen LogP contribution in [0.3, 0.4) is 0 Å². The van der Waals surface area contributed by atoms with Gasteiger partial charge in [0.2, 0.25) is 5.95 Å². The molecular weight excluding hydrogens is 397 g/mol. The van der Waals surface area contributed by atoms with Gasteiger partial charge < -0.3 is 24.1 Å². The summed E-state index contributed by atoms with van der Waals surface area (Å²) in [4.78, 5) is 22.4. The van der Waals surface area contributed by atoms with Gasteiger partial charge in [-0.2, -0.15) is 4.98 Å². The molecule has 0 fully saturated rings. The predicted octanol–water partition coefficient (Wildman–Crippen LogP) is 2.77. The van der Waals surface area contributed by atoms with Crippen molar-refractivity contribution in [3.05, 3.63) is 28.8 Å². The van der Waals surface area contributed by atoms with Crippen molar-refractivity contribution in [2.45, 2.75) is 34.2 Å². The Hall–Kier alpha value is -2.00. The maximum Gasteiger partial charge on any atom is 0.356 e. The molecule has 3 N–H and O–H groups in total. The first-order valence-electron chi connectivity index (χ1n) is 9.43. The highest BCUT2D eigenvalue weighted by atomic mass is 31.2. The van der Waals surface area contributed by atoms with Gasteiger partial charge >= 0.3 is 7.60 Å². The molecule has 0 radical (unpaired) electrons. The number of aromatic nitrogens is 4. The summed E-state index contributed by atoms with van der Waals surface area (Å²) in [7, 11) is -3.36. The monoisotopic (exact) mass is 427 g/mol. The minimum atomic E-state index is -3.36. The van der Waals surface area contributed by atoms with Crippen molar-refractivity contribution >= 4 is 24.7 Å². The van der Waals surface area contributed by atoms with Gasteiger partial charge in [-0.25, -0.2) is 4.98 Å². The van der Waals surface area contributed by atoms with Gasteiger partial charge in [-0.3, -0.25) is 14.3 Å². The van der Waals surface area contributed by atoms with E-state index in [1.165, 1.54) is 6.33 Å². The third kappa shape index (κ3) is 7.08. The molecule has 0 aliphatic carbocycles. The number of imidazole rings is 1. The first kappa shape index (κ1) is 23.3. The van der Waals surface area contributed by atoms with Crippen LogP contribution in [0.25, 0.3) is 11.2 Å². The smallest absolute Gasteiger partial charge is 0.356 e. The fourth-order valence-electron chi connectivity index (χ4n) is 2.31. The number of ether oxygens (including phenoxy) is 1. The second kappa shape index (κ2) is 10.2. The van der Waals surface area contributed by atoms with Crippen LogP contribution in [0, 0.1) is 11.8 Å². The Bertz CT molecular complexity index is 920. The summed E-state index contributed by atoms with van der Waals surface area (Å²) in [5.41, 5.74) is 6.42. The van der Waals surface area contributed by atoms with Crippen molar-refractivity contribution in [1.82, 2.24) is 19.5 Å². The molecule has 2 aromatic heterocycles. The topological polar surface area (TPSA) is 134 Å². The molecule has 0 unspecified atom stereocenters. The molecule has 10 nitrogen and oxygen atoms in total. The molecule has 162 valence electrons. The zero-order chi connectivity index (χ0) is 21.6. The number of nitrogens with two attached hydrogens (primary N) is 1. The van der Waals surface area contributed by atoms with Crippen molar-refractivity contribution in [2.75, 3.05) is 31.9 Å². The molecule has 0 aliphatic heterocycles. The van der Waals surface area contributed by atoms with Crippen LogP contribution in [0.5, 0.6) is 0 Å². The van der Waals surface area contributed by atoms with Gasteiger partial charge in [0.05, 0.1) is 26.1 Å². The van der Waals surface area contributed by atoms with Crippen LogP contribution in [0.2, 0.25) is 0 Å². The van der Waals surface area contributed by atoms with E-state index in [0.717, 1.165) is 0 Å². The van der Waals surface area contributed by atoms with Crippen molar-refractivity contribution < 1.29 is 18.3 Å². The summed E-state index contributed by atoms with van der Waals surface area (Å²) in [5, 5.41) is 0. The van der Waals surface area contributed by atoms with Gasteiger partial charge in [0.15, 0.2) is 11.2 Å². The molecule has 0 aliphatic rings. The summed E-state index contributed by atoms with van der Waals surface area (Å²) < 4.78 is 31.1. The number of fused-ring (bicyclic) bond motifs is 1. The molecule has 0 atom stereocenters. The van der Waals surface area contributed by atoms with Crippen LogP contribution in [0.4, 0.5) is 5.95 Å². The first-order chi connectivity index (χ1) is 13.6. The zero-order valence-corrected chi connectivity index (χ0v) is 18.3. The van der Waals surface area contributed by atoms with Gasteiger partial charge in [-0.15, -0.1) is 0 Å². The lowest BCUT2D eigenvalue weighted by Gasteiger charge is -2.21. The largest absolute Gasteiger partial charge is 0.369 e. The predicted molar refractivity (Wildman–Crippen MR) is 112 cm³/mol. The highest BCUT2D eigenvalue weighted by Gasteiger charge is 2.26. The molecule has 0 saturated carbocycles. The number of hydrogen-bond donors (Lipinski definition) is 2. The van der Waals surface area contributed by atoms with Crippen LogP contribution >= 0.6 is 7.60 Å². The van der Waals surface area contributed by atoms with Crippen LogP contribution < -0.4 is 11.3 Å². The second-order valence-electron chi connectivity index (χ2n) is 7.71. The lowest BCUT2D eigenvalue weighted by molar-refractivity contribution is 0.125. The molecule has 2 heterocycles.